The molecule has 0 radical (unpaired) electrons. The van der Waals surface area contributed by atoms with Gasteiger partial charge in [0, 0.05) is 14.6 Å². The average molecular weight is 241 g/mol. The maximum absolute atomic E-state index is 10.5. The predicted molar refractivity (Wildman–Crippen MR) is 54.9 cm³/mol. The second-order valence-electron chi connectivity index (χ2n) is 2.42. The fourth-order valence-electron chi connectivity index (χ4n) is 1.10. The summed E-state index contributed by atoms with van der Waals surface area (Å²) in [6.45, 7) is 0. The molecule has 3 heteroatoms. The van der Waals surface area contributed by atoms with E-state index in [-0.39, 0.29) is 0 Å². The molecular weight excluding hydrogens is 236 g/mol. The first-order chi connectivity index (χ1) is 5.81. The van der Waals surface area contributed by atoms with Crippen LogP contribution in [-0.4, -0.2) is 6.29 Å². The third kappa shape index (κ3) is 1.19. The molecule has 0 unspecified atom stereocenters. The van der Waals surface area contributed by atoms with Crippen LogP contribution in [-0.2, 0) is 0 Å². The van der Waals surface area contributed by atoms with Crippen molar-refractivity contribution in [2.75, 3.05) is 0 Å². The Kier molecular flexibility index (Phi) is 1.98. The predicted octanol–water partition coefficient (Wildman–Crippen LogP) is 3.48. The lowest BCUT2D eigenvalue weighted by molar-refractivity contribution is 0.112. The van der Waals surface area contributed by atoms with Gasteiger partial charge >= 0.3 is 0 Å². The Hall–Kier alpha value is -0.670. The zero-order valence-electron chi connectivity index (χ0n) is 6.08. The van der Waals surface area contributed by atoms with Crippen molar-refractivity contribution in [3.63, 3.8) is 0 Å². The fourth-order valence-corrected chi connectivity index (χ4v) is 2.62. The molecule has 0 N–H and O–H groups in total. The standard InChI is InChI=1S/C9H5BrOS/c10-8-2-1-3-9-7(8)4-6(5-11)12-9/h1-5H. The summed E-state index contributed by atoms with van der Waals surface area (Å²) in [5, 5.41) is 1.12. The first-order valence-corrected chi connectivity index (χ1v) is 5.05. The Balaban J connectivity index is 2.82. The number of hydrogen-bond acceptors (Lipinski definition) is 2. The van der Waals surface area contributed by atoms with Crippen molar-refractivity contribution in [2.24, 2.45) is 0 Å². The van der Waals surface area contributed by atoms with Gasteiger partial charge in [-0.05, 0) is 18.2 Å². The van der Waals surface area contributed by atoms with Gasteiger partial charge in [-0.15, -0.1) is 11.3 Å². The second-order valence-corrected chi connectivity index (χ2v) is 4.39. The van der Waals surface area contributed by atoms with Gasteiger partial charge in [0.05, 0.1) is 4.88 Å². The van der Waals surface area contributed by atoms with E-state index in [0.29, 0.717) is 0 Å². The highest BCUT2D eigenvalue weighted by atomic mass is 79.9. The number of fused-ring (bicyclic) bond motifs is 1. The van der Waals surface area contributed by atoms with E-state index in [4.69, 9.17) is 0 Å². The van der Waals surface area contributed by atoms with Crippen molar-refractivity contribution in [3.8, 4) is 0 Å². The average Bonchev–Trinajstić information content (AvgIpc) is 2.49. The smallest absolute Gasteiger partial charge is 0.160 e. The molecule has 0 amide bonds. The quantitative estimate of drug-likeness (QED) is 0.698. The minimum Gasteiger partial charge on any atom is -0.297 e. The Labute approximate surface area is 82.1 Å². The molecule has 0 saturated carbocycles. The van der Waals surface area contributed by atoms with Gasteiger partial charge in [0.1, 0.15) is 0 Å². The Morgan fingerprint density at radius 2 is 2.25 bits per heavy atom. The van der Waals surface area contributed by atoms with Crippen LogP contribution in [0.2, 0.25) is 0 Å². The summed E-state index contributed by atoms with van der Waals surface area (Å²) >= 11 is 4.94. The minimum absolute atomic E-state index is 0.775. The van der Waals surface area contributed by atoms with Crippen LogP contribution in [0.25, 0.3) is 10.1 Å². The number of carbonyl (C=O) groups is 1. The Morgan fingerprint density at radius 1 is 1.42 bits per heavy atom. The monoisotopic (exact) mass is 240 g/mol. The van der Waals surface area contributed by atoms with Crippen LogP contribution >= 0.6 is 27.3 Å². The molecule has 0 atom stereocenters. The molecule has 2 aromatic rings. The van der Waals surface area contributed by atoms with E-state index in [1.165, 1.54) is 11.3 Å². The van der Waals surface area contributed by atoms with E-state index in [2.05, 4.69) is 15.9 Å². The van der Waals surface area contributed by atoms with E-state index in [0.717, 1.165) is 25.7 Å². The second kappa shape index (κ2) is 2.99. The highest BCUT2D eigenvalue weighted by Gasteiger charge is 2.02. The van der Waals surface area contributed by atoms with E-state index in [1.54, 1.807) is 0 Å². The summed E-state index contributed by atoms with van der Waals surface area (Å²) in [6.07, 6.45) is 0.886. The third-order valence-electron chi connectivity index (χ3n) is 1.64. The zero-order valence-corrected chi connectivity index (χ0v) is 8.48. The molecule has 0 bridgehead atoms. The number of hydrogen-bond donors (Lipinski definition) is 0. The molecule has 12 heavy (non-hydrogen) atoms. The van der Waals surface area contributed by atoms with Gasteiger partial charge in [-0.3, -0.25) is 4.79 Å². The molecule has 1 aromatic carbocycles. The SMILES string of the molecule is O=Cc1cc2c(Br)cccc2s1. The molecule has 1 aromatic heterocycles. The number of carbonyl (C=O) groups excluding carboxylic acids is 1. The van der Waals surface area contributed by atoms with Crippen molar-refractivity contribution >= 4 is 43.6 Å². The minimum atomic E-state index is 0.775. The highest BCUT2D eigenvalue weighted by Crippen LogP contribution is 2.30. The van der Waals surface area contributed by atoms with E-state index in [1.807, 2.05) is 24.3 Å². The molecule has 0 spiro atoms. The van der Waals surface area contributed by atoms with Crippen LogP contribution in [0.3, 0.4) is 0 Å². The summed E-state index contributed by atoms with van der Waals surface area (Å²) < 4.78 is 2.19. The third-order valence-corrected chi connectivity index (χ3v) is 3.36. The maximum Gasteiger partial charge on any atom is 0.160 e. The van der Waals surface area contributed by atoms with Crippen LogP contribution in [0.1, 0.15) is 9.67 Å². The maximum atomic E-state index is 10.5. The molecule has 0 saturated heterocycles. The van der Waals surface area contributed by atoms with Gasteiger partial charge in [-0.25, -0.2) is 0 Å². The molecule has 1 nitrogen and oxygen atoms in total. The van der Waals surface area contributed by atoms with Crippen LogP contribution in [0.15, 0.2) is 28.7 Å². The van der Waals surface area contributed by atoms with E-state index < -0.39 is 0 Å². The van der Waals surface area contributed by atoms with Gasteiger partial charge in [0.25, 0.3) is 0 Å². The molecular formula is C9H5BrOS. The molecule has 0 aliphatic carbocycles. The van der Waals surface area contributed by atoms with Crippen LogP contribution in [0, 0.1) is 0 Å². The molecule has 0 aliphatic rings. The Morgan fingerprint density at radius 3 is 2.92 bits per heavy atom. The van der Waals surface area contributed by atoms with Crippen LogP contribution in [0.4, 0.5) is 0 Å². The zero-order chi connectivity index (χ0) is 8.55. The lowest BCUT2D eigenvalue weighted by Crippen LogP contribution is -1.65. The summed E-state index contributed by atoms with van der Waals surface area (Å²) in [7, 11) is 0. The summed E-state index contributed by atoms with van der Waals surface area (Å²) in [5.74, 6) is 0. The van der Waals surface area contributed by atoms with E-state index in [9.17, 15) is 4.79 Å². The molecule has 1 heterocycles. The molecule has 2 rings (SSSR count). The number of benzene rings is 1. The summed E-state index contributed by atoms with van der Waals surface area (Å²) in [6, 6.07) is 7.86. The van der Waals surface area contributed by atoms with Gasteiger partial charge in [-0.1, -0.05) is 22.0 Å². The largest absolute Gasteiger partial charge is 0.297 e. The van der Waals surface area contributed by atoms with Crippen molar-refractivity contribution in [1.29, 1.82) is 0 Å². The molecule has 0 aliphatic heterocycles. The number of rotatable bonds is 1. The highest BCUT2D eigenvalue weighted by molar-refractivity contribution is 9.10. The van der Waals surface area contributed by atoms with Crippen molar-refractivity contribution < 1.29 is 4.79 Å². The summed E-state index contributed by atoms with van der Waals surface area (Å²) in [5.41, 5.74) is 0. The first kappa shape index (κ1) is 7.95. The molecule has 60 valence electrons. The number of halogens is 1. The molecule has 0 fully saturated rings. The first-order valence-electron chi connectivity index (χ1n) is 3.44. The van der Waals surface area contributed by atoms with Gasteiger partial charge in [0.15, 0.2) is 6.29 Å². The Bertz CT molecular complexity index is 433. The summed E-state index contributed by atoms with van der Waals surface area (Å²) in [4.78, 5) is 11.3. The van der Waals surface area contributed by atoms with Crippen molar-refractivity contribution in [1.82, 2.24) is 0 Å². The topological polar surface area (TPSA) is 17.1 Å². The van der Waals surface area contributed by atoms with Crippen LogP contribution < -0.4 is 0 Å². The van der Waals surface area contributed by atoms with Crippen molar-refractivity contribution in [2.45, 2.75) is 0 Å². The van der Waals surface area contributed by atoms with Gasteiger partial charge in [-0.2, -0.15) is 0 Å². The van der Waals surface area contributed by atoms with E-state index >= 15 is 0 Å². The van der Waals surface area contributed by atoms with Gasteiger partial charge < -0.3 is 0 Å². The van der Waals surface area contributed by atoms with Crippen LogP contribution in [0.5, 0.6) is 0 Å². The fraction of sp³-hybridized carbons (Fsp3) is 0. The normalized spacial score (nSPS) is 10.4. The lowest BCUT2D eigenvalue weighted by atomic mass is 10.2. The van der Waals surface area contributed by atoms with Gasteiger partial charge in [0.2, 0.25) is 0 Å². The lowest BCUT2D eigenvalue weighted by Gasteiger charge is -1.89. The number of aldehydes is 1. The number of thiophene rings is 1. The van der Waals surface area contributed by atoms with Crippen molar-refractivity contribution in [3.05, 3.63) is 33.6 Å².